The second-order valence-corrected chi connectivity index (χ2v) is 2.97. The van der Waals surface area contributed by atoms with E-state index in [0.29, 0.717) is 6.04 Å². The van der Waals surface area contributed by atoms with Gasteiger partial charge in [-0.15, -0.1) is 0 Å². The van der Waals surface area contributed by atoms with Crippen LogP contribution >= 0.6 is 0 Å². The highest BCUT2D eigenvalue weighted by molar-refractivity contribution is 4.96. The molecular weight excluding hydrogens is 134 g/mol. The Kier molecular flexibility index (Phi) is 5.01. The number of hydrogen-bond acceptors (Lipinski definition) is 1. The second kappa shape index (κ2) is 5.22. The Morgan fingerprint density at radius 3 is 2.27 bits per heavy atom. The molecule has 11 heavy (non-hydrogen) atoms. The predicted octanol–water partition coefficient (Wildman–Crippen LogP) is 3.03. The minimum absolute atomic E-state index is 0.677. The average molecular weight is 155 g/mol. The van der Waals surface area contributed by atoms with Gasteiger partial charge >= 0.3 is 0 Å². The van der Waals surface area contributed by atoms with E-state index in [1.54, 1.807) is 0 Å². The molecule has 66 valence electrons. The predicted molar refractivity (Wildman–Crippen MR) is 51.6 cm³/mol. The van der Waals surface area contributed by atoms with E-state index in [2.05, 4.69) is 45.6 Å². The molecule has 1 heteroatoms. The van der Waals surface area contributed by atoms with Gasteiger partial charge in [0, 0.05) is 18.3 Å². The zero-order chi connectivity index (χ0) is 8.85. The molecule has 0 amide bonds. The van der Waals surface area contributed by atoms with E-state index in [1.165, 1.54) is 12.1 Å². The van der Waals surface area contributed by atoms with Gasteiger partial charge in [-0.1, -0.05) is 13.0 Å². The molecule has 1 atom stereocenters. The van der Waals surface area contributed by atoms with Crippen LogP contribution in [0.5, 0.6) is 0 Å². The fourth-order valence-corrected chi connectivity index (χ4v) is 1.29. The molecule has 0 aromatic heterocycles. The molecule has 0 aliphatic heterocycles. The fourth-order valence-electron chi connectivity index (χ4n) is 1.29. The first kappa shape index (κ1) is 10.5. The maximum atomic E-state index is 2.43. The summed E-state index contributed by atoms with van der Waals surface area (Å²) in [6.07, 6.45) is 3.40. The van der Waals surface area contributed by atoms with Gasteiger partial charge in [0.15, 0.2) is 0 Å². The highest BCUT2D eigenvalue weighted by Crippen LogP contribution is 2.10. The highest BCUT2D eigenvalue weighted by atomic mass is 15.1. The number of nitrogens with zero attached hydrogens (tertiary/aromatic N) is 1. The maximum Gasteiger partial charge on any atom is 0.0255 e. The number of hydrogen-bond donors (Lipinski definition) is 0. The van der Waals surface area contributed by atoms with Gasteiger partial charge in [0.2, 0.25) is 0 Å². The molecule has 0 heterocycles. The standard InChI is InChI=1S/C10H21N/c1-6-9(4)11(8-3)10(5)7-2/h6,10H,7-8H2,1-5H3. The summed E-state index contributed by atoms with van der Waals surface area (Å²) in [7, 11) is 0. The van der Waals surface area contributed by atoms with Crippen molar-refractivity contribution >= 4 is 0 Å². The molecule has 0 aromatic carbocycles. The fraction of sp³-hybridized carbons (Fsp3) is 0.800. The summed E-state index contributed by atoms with van der Waals surface area (Å²) < 4.78 is 0. The van der Waals surface area contributed by atoms with Crippen molar-refractivity contribution < 1.29 is 0 Å². The summed E-state index contributed by atoms with van der Waals surface area (Å²) in [5.41, 5.74) is 1.39. The molecular formula is C10H21N. The van der Waals surface area contributed by atoms with Crippen LogP contribution in [0.2, 0.25) is 0 Å². The zero-order valence-corrected chi connectivity index (χ0v) is 8.52. The van der Waals surface area contributed by atoms with Crippen LogP contribution in [0.4, 0.5) is 0 Å². The van der Waals surface area contributed by atoms with E-state index in [9.17, 15) is 0 Å². The number of allylic oxidation sites excluding steroid dienone is 2. The van der Waals surface area contributed by atoms with E-state index in [4.69, 9.17) is 0 Å². The van der Waals surface area contributed by atoms with Crippen molar-refractivity contribution in [3.8, 4) is 0 Å². The van der Waals surface area contributed by atoms with E-state index in [0.717, 1.165) is 6.54 Å². The lowest BCUT2D eigenvalue weighted by Crippen LogP contribution is -2.30. The van der Waals surface area contributed by atoms with Gasteiger partial charge in [0.1, 0.15) is 0 Å². The molecule has 0 rings (SSSR count). The molecule has 1 nitrogen and oxygen atoms in total. The van der Waals surface area contributed by atoms with Crippen LogP contribution in [0.25, 0.3) is 0 Å². The van der Waals surface area contributed by atoms with Crippen molar-refractivity contribution in [1.29, 1.82) is 0 Å². The SMILES string of the molecule is CC=C(C)N(CC)C(C)CC. The molecule has 1 unspecified atom stereocenters. The first-order valence-electron chi connectivity index (χ1n) is 4.56. The average Bonchev–Trinajstić information content (AvgIpc) is 2.05. The second-order valence-electron chi connectivity index (χ2n) is 2.97. The van der Waals surface area contributed by atoms with E-state index in [-0.39, 0.29) is 0 Å². The van der Waals surface area contributed by atoms with Gasteiger partial charge < -0.3 is 4.90 Å². The van der Waals surface area contributed by atoms with Gasteiger partial charge in [0.25, 0.3) is 0 Å². The van der Waals surface area contributed by atoms with Gasteiger partial charge in [0.05, 0.1) is 0 Å². The molecule has 0 saturated heterocycles. The lowest BCUT2D eigenvalue weighted by molar-refractivity contribution is 0.274. The van der Waals surface area contributed by atoms with Crippen LogP contribution in [0.1, 0.15) is 41.0 Å². The smallest absolute Gasteiger partial charge is 0.0255 e. The van der Waals surface area contributed by atoms with Crippen molar-refractivity contribution in [1.82, 2.24) is 4.90 Å². The molecule has 0 spiro atoms. The largest absolute Gasteiger partial charge is 0.373 e. The Bertz CT molecular complexity index is 127. The molecule has 0 aliphatic rings. The van der Waals surface area contributed by atoms with E-state index >= 15 is 0 Å². The van der Waals surface area contributed by atoms with Crippen molar-refractivity contribution in [3.63, 3.8) is 0 Å². The van der Waals surface area contributed by atoms with Crippen molar-refractivity contribution in [2.75, 3.05) is 6.54 Å². The van der Waals surface area contributed by atoms with Gasteiger partial charge in [-0.05, 0) is 34.1 Å². The summed E-state index contributed by atoms with van der Waals surface area (Å²) in [5.74, 6) is 0. The van der Waals surface area contributed by atoms with Crippen molar-refractivity contribution in [3.05, 3.63) is 11.8 Å². The third kappa shape index (κ3) is 2.96. The monoisotopic (exact) mass is 155 g/mol. The first-order chi connectivity index (χ1) is 5.17. The van der Waals surface area contributed by atoms with E-state index < -0.39 is 0 Å². The van der Waals surface area contributed by atoms with E-state index in [1.807, 2.05) is 0 Å². The Morgan fingerprint density at radius 2 is 2.00 bits per heavy atom. The van der Waals surface area contributed by atoms with Crippen molar-refractivity contribution in [2.24, 2.45) is 0 Å². The molecule has 0 radical (unpaired) electrons. The number of rotatable bonds is 4. The summed E-state index contributed by atoms with van der Waals surface area (Å²) in [4.78, 5) is 2.43. The normalized spacial score (nSPS) is 14.8. The van der Waals surface area contributed by atoms with Crippen LogP contribution < -0.4 is 0 Å². The van der Waals surface area contributed by atoms with Crippen LogP contribution in [0, 0.1) is 0 Å². The van der Waals surface area contributed by atoms with Crippen molar-refractivity contribution in [2.45, 2.75) is 47.1 Å². The minimum Gasteiger partial charge on any atom is -0.373 e. The third-order valence-corrected chi connectivity index (χ3v) is 2.33. The molecule has 0 fully saturated rings. The Labute approximate surface area is 71.1 Å². The third-order valence-electron chi connectivity index (χ3n) is 2.33. The summed E-state index contributed by atoms with van der Waals surface area (Å²) in [5, 5.41) is 0. The molecule has 0 bridgehead atoms. The minimum atomic E-state index is 0.677. The molecule has 0 aliphatic carbocycles. The Hall–Kier alpha value is -0.460. The molecule has 0 saturated carbocycles. The molecule has 0 aromatic rings. The summed E-state index contributed by atoms with van der Waals surface area (Å²) in [6, 6.07) is 0.677. The van der Waals surface area contributed by atoms with Gasteiger partial charge in [-0.25, -0.2) is 0 Å². The summed E-state index contributed by atoms with van der Waals surface area (Å²) in [6.45, 7) is 12.1. The topological polar surface area (TPSA) is 3.24 Å². The van der Waals surface area contributed by atoms with Crippen LogP contribution in [-0.4, -0.2) is 17.5 Å². The highest BCUT2D eigenvalue weighted by Gasteiger charge is 2.08. The van der Waals surface area contributed by atoms with Gasteiger partial charge in [-0.2, -0.15) is 0 Å². The summed E-state index contributed by atoms with van der Waals surface area (Å²) >= 11 is 0. The quantitative estimate of drug-likeness (QED) is 0.603. The van der Waals surface area contributed by atoms with Crippen LogP contribution in [0.3, 0.4) is 0 Å². The lowest BCUT2D eigenvalue weighted by atomic mass is 10.2. The first-order valence-corrected chi connectivity index (χ1v) is 4.56. The lowest BCUT2D eigenvalue weighted by Gasteiger charge is -2.29. The Balaban J connectivity index is 4.15. The van der Waals surface area contributed by atoms with Gasteiger partial charge in [-0.3, -0.25) is 0 Å². The Morgan fingerprint density at radius 1 is 1.45 bits per heavy atom. The zero-order valence-electron chi connectivity index (χ0n) is 8.52. The van der Waals surface area contributed by atoms with Crippen LogP contribution in [0.15, 0.2) is 11.8 Å². The maximum absolute atomic E-state index is 2.43. The van der Waals surface area contributed by atoms with Crippen LogP contribution in [-0.2, 0) is 0 Å². The molecule has 0 N–H and O–H groups in total.